The number of unbranched alkanes of at least 4 members (excludes halogenated alkanes) is 1. The number of carboxylic acid groups (broad SMARTS) is 1. The van der Waals surface area contributed by atoms with Crippen LogP contribution in [0.4, 0.5) is 0 Å². The van der Waals surface area contributed by atoms with Crippen molar-refractivity contribution in [1.82, 2.24) is 0 Å². The number of methoxy groups -OCH3 is 2. The monoisotopic (exact) mass is 370 g/mol. The first-order valence-electron chi connectivity index (χ1n) is 9.40. The minimum absolute atomic E-state index is 0.128. The number of carboxylic acids is 1. The summed E-state index contributed by atoms with van der Waals surface area (Å²) in [7, 11) is 3.42. The van der Waals surface area contributed by atoms with E-state index in [4.69, 9.17) is 14.6 Å². The van der Waals surface area contributed by atoms with Gasteiger partial charge in [-0.05, 0) is 55.9 Å². The molecule has 1 atom stereocenters. The van der Waals surface area contributed by atoms with Gasteiger partial charge in [-0.15, -0.1) is 0 Å². The largest absolute Gasteiger partial charge is 0.496 e. The Labute approximate surface area is 162 Å². The smallest absolute Gasteiger partial charge is 0.303 e. The van der Waals surface area contributed by atoms with Gasteiger partial charge < -0.3 is 14.6 Å². The van der Waals surface area contributed by atoms with Crippen LogP contribution in [0.2, 0.25) is 0 Å². The molecule has 2 rings (SSSR count). The summed E-state index contributed by atoms with van der Waals surface area (Å²) in [5.74, 6) is 1.18. The fourth-order valence-electron chi connectivity index (χ4n) is 3.89. The van der Waals surface area contributed by atoms with Gasteiger partial charge in [0.2, 0.25) is 0 Å². The molecule has 0 saturated heterocycles. The summed E-state index contributed by atoms with van der Waals surface area (Å²) in [6, 6.07) is 10.3. The van der Waals surface area contributed by atoms with Crippen LogP contribution in [0.15, 0.2) is 30.3 Å². The van der Waals surface area contributed by atoms with Crippen molar-refractivity contribution in [3.63, 3.8) is 0 Å². The van der Waals surface area contributed by atoms with Gasteiger partial charge in [0.25, 0.3) is 0 Å². The number of aliphatic carboxylic acids is 1. The Hall–Kier alpha value is -2.49. The molecule has 0 bridgehead atoms. The molecular weight excluding hydrogens is 340 g/mol. The molecule has 146 valence electrons. The predicted octanol–water partition coefficient (Wildman–Crippen LogP) is 5.41. The molecule has 2 aromatic carbocycles. The first-order valence-corrected chi connectivity index (χ1v) is 9.40. The van der Waals surface area contributed by atoms with Crippen molar-refractivity contribution in [3.8, 4) is 11.5 Å². The van der Waals surface area contributed by atoms with Crippen molar-refractivity contribution >= 4 is 5.97 Å². The van der Waals surface area contributed by atoms with E-state index in [-0.39, 0.29) is 12.3 Å². The highest BCUT2D eigenvalue weighted by Gasteiger charge is 2.26. The maximum atomic E-state index is 10.9. The van der Waals surface area contributed by atoms with E-state index in [1.807, 2.05) is 18.2 Å². The standard InChI is InChI=1S/C23H30O4/c1-15-16(2)23(27-5)21(17(3)22(15)26-4)19(13-9-10-14-20(24)25)18-11-7-6-8-12-18/h6-8,11-12,19H,9-10,13-14H2,1-5H3,(H,24,25). The highest BCUT2D eigenvalue weighted by atomic mass is 16.5. The van der Waals surface area contributed by atoms with Gasteiger partial charge in [0.15, 0.2) is 0 Å². The Balaban J connectivity index is 2.54. The van der Waals surface area contributed by atoms with E-state index in [0.717, 1.165) is 46.6 Å². The third kappa shape index (κ3) is 4.62. The second-order valence-electron chi connectivity index (χ2n) is 6.96. The van der Waals surface area contributed by atoms with Crippen LogP contribution < -0.4 is 9.47 Å². The number of benzene rings is 2. The van der Waals surface area contributed by atoms with Crippen molar-refractivity contribution in [1.29, 1.82) is 0 Å². The van der Waals surface area contributed by atoms with E-state index in [2.05, 4.69) is 32.9 Å². The van der Waals surface area contributed by atoms with Gasteiger partial charge in [0.1, 0.15) is 11.5 Å². The third-order valence-electron chi connectivity index (χ3n) is 5.33. The number of hydrogen-bond acceptors (Lipinski definition) is 3. The summed E-state index contributed by atoms with van der Waals surface area (Å²) in [6.07, 6.45) is 2.57. The number of hydrogen-bond donors (Lipinski definition) is 1. The average Bonchev–Trinajstić information content (AvgIpc) is 2.66. The number of rotatable bonds is 9. The van der Waals surface area contributed by atoms with Crippen molar-refractivity contribution in [3.05, 3.63) is 58.1 Å². The molecule has 2 aromatic rings. The lowest BCUT2D eigenvalue weighted by atomic mass is 9.81. The lowest BCUT2D eigenvalue weighted by Gasteiger charge is -2.27. The third-order valence-corrected chi connectivity index (χ3v) is 5.33. The van der Waals surface area contributed by atoms with Gasteiger partial charge in [0, 0.05) is 17.9 Å². The SMILES string of the molecule is COc1c(C)c(C)c(OC)c(C(CCCCC(=O)O)c2ccccc2)c1C. The average molecular weight is 370 g/mol. The number of carbonyl (C=O) groups is 1. The van der Waals surface area contributed by atoms with E-state index < -0.39 is 5.97 Å². The number of ether oxygens (including phenoxy) is 2. The van der Waals surface area contributed by atoms with Crippen molar-refractivity contribution in [2.45, 2.75) is 52.4 Å². The fraction of sp³-hybridized carbons (Fsp3) is 0.435. The van der Waals surface area contributed by atoms with Gasteiger partial charge in [-0.2, -0.15) is 0 Å². The molecule has 0 aromatic heterocycles. The highest BCUT2D eigenvalue weighted by Crippen LogP contribution is 2.45. The summed E-state index contributed by atoms with van der Waals surface area (Å²) < 4.78 is 11.5. The van der Waals surface area contributed by atoms with Crippen molar-refractivity contribution in [2.75, 3.05) is 14.2 Å². The first-order chi connectivity index (χ1) is 12.9. The molecule has 1 N–H and O–H groups in total. The molecular formula is C23H30O4. The van der Waals surface area contributed by atoms with E-state index >= 15 is 0 Å². The van der Waals surface area contributed by atoms with Crippen LogP contribution in [0.3, 0.4) is 0 Å². The molecule has 4 heteroatoms. The Kier molecular flexibility index (Phi) is 7.28. The summed E-state index contributed by atoms with van der Waals surface area (Å²) in [4.78, 5) is 10.9. The molecule has 0 fully saturated rings. The van der Waals surface area contributed by atoms with Crippen LogP contribution in [0.1, 0.15) is 59.4 Å². The van der Waals surface area contributed by atoms with Gasteiger partial charge >= 0.3 is 5.97 Å². The molecule has 0 radical (unpaired) electrons. The maximum Gasteiger partial charge on any atom is 0.303 e. The highest BCUT2D eigenvalue weighted by molar-refractivity contribution is 5.66. The minimum Gasteiger partial charge on any atom is -0.496 e. The summed E-state index contributed by atoms with van der Waals surface area (Å²) in [5, 5.41) is 8.94. The van der Waals surface area contributed by atoms with Gasteiger partial charge in [-0.3, -0.25) is 4.79 Å². The lowest BCUT2D eigenvalue weighted by Crippen LogP contribution is -2.10. The van der Waals surface area contributed by atoms with Crippen molar-refractivity contribution in [2.24, 2.45) is 0 Å². The Bertz CT molecular complexity index is 781. The van der Waals surface area contributed by atoms with Crippen LogP contribution in [0.5, 0.6) is 11.5 Å². The zero-order chi connectivity index (χ0) is 20.0. The molecule has 0 heterocycles. The van der Waals surface area contributed by atoms with E-state index in [1.165, 1.54) is 5.56 Å². The second kappa shape index (κ2) is 9.45. The Morgan fingerprint density at radius 3 is 2.07 bits per heavy atom. The zero-order valence-corrected chi connectivity index (χ0v) is 17.0. The van der Waals surface area contributed by atoms with E-state index in [1.54, 1.807) is 14.2 Å². The molecule has 27 heavy (non-hydrogen) atoms. The van der Waals surface area contributed by atoms with Crippen LogP contribution in [-0.4, -0.2) is 25.3 Å². The first kappa shape index (κ1) is 20.8. The normalized spacial score (nSPS) is 11.9. The Morgan fingerprint density at radius 2 is 1.52 bits per heavy atom. The van der Waals surface area contributed by atoms with Crippen LogP contribution >= 0.6 is 0 Å². The second-order valence-corrected chi connectivity index (χ2v) is 6.96. The fourth-order valence-corrected chi connectivity index (χ4v) is 3.89. The van der Waals surface area contributed by atoms with Gasteiger partial charge in [0.05, 0.1) is 14.2 Å². The molecule has 0 spiro atoms. The predicted molar refractivity (Wildman–Crippen MR) is 108 cm³/mol. The van der Waals surface area contributed by atoms with Crippen LogP contribution in [-0.2, 0) is 4.79 Å². The molecule has 0 aliphatic heterocycles. The molecule has 1 unspecified atom stereocenters. The van der Waals surface area contributed by atoms with Gasteiger partial charge in [-0.25, -0.2) is 0 Å². The summed E-state index contributed by atoms with van der Waals surface area (Å²) in [6.45, 7) is 6.19. The quantitative estimate of drug-likeness (QED) is 0.600. The lowest BCUT2D eigenvalue weighted by molar-refractivity contribution is -0.137. The molecule has 4 nitrogen and oxygen atoms in total. The molecule has 0 amide bonds. The zero-order valence-electron chi connectivity index (χ0n) is 17.0. The van der Waals surface area contributed by atoms with Gasteiger partial charge in [-0.1, -0.05) is 36.8 Å². The molecule has 0 saturated carbocycles. The maximum absolute atomic E-state index is 10.9. The van der Waals surface area contributed by atoms with Crippen LogP contribution in [0.25, 0.3) is 0 Å². The molecule has 0 aliphatic rings. The van der Waals surface area contributed by atoms with Crippen LogP contribution in [0, 0.1) is 20.8 Å². The molecule has 0 aliphatic carbocycles. The van der Waals surface area contributed by atoms with Crippen molar-refractivity contribution < 1.29 is 19.4 Å². The Morgan fingerprint density at radius 1 is 0.926 bits per heavy atom. The van der Waals surface area contributed by atoms with E-state index in [9.17, 15) is 4.79 Å². The summed E-state index contributed by atoms with van der Waals surface area (Å²) >= 11 is 0. The minimum atomic E-state index is -0.743. The topological polar surface area (TPSA) is 55.8 Å². The van der Waals surface area contributed by atoms with E-state index in [0.29, 0.717) is 6.42 Å². The summed E-state index contributed by atoms with van der Waals surface area (Å²) in [5.41, 5.74) is 5.61.